The number of ether oxygens (including phenoxy) is 2. The van der Waals surface area contributed by atoms with Crippen LogP contribution in [0.3, 0.4) is 0 Å². The van der Waals surface area contributed by atoms with Crippen molar-refractivity contribution in [3.05, 3.63) is 48.2 Å². The van der Waals surface area contributed by atoms with Crippen molar-refractivity contribution in [1.29, 1.82) is 0 Å². The largest absolute Gasteiger partial charge is 0.493 e. The molecule has 0 aliphatic carbocycles. The lowest BCUT2D eigenvalue weighted by Gasteiger charge is -2.07. The highest BCUT2D eigenvalue weighted by Crippen LogP contribution is 2.27. The molecule has 0 aliphatic heterocycles. The van der Waals surface area contributed by atoms with Crippen LogP contribution in [0.5, 0.6) is 11.5 Å². The van der Waals surface area contributed by atoms with E-state index in [1.54, 1.807) is 37.6 Å². The van der Waals surface area contributed by atoms with Gasteiger partial charge in [0.05, 0.1) is 26.0 Å². The van der Waals surface area contributed by atoms with Crippen LogP contribution in [-0.4, -0.2) is 20.1 Å². The van der Waals surface area contributed by atoms with Gasteiger partial charge in [0.2, 0.25) is 0 Å². The number of rotatable bonds is 4. The Morgan fingerprint density at radius 3 is 2.53 bits per heavy atom. The molecule has 0 saturated heterocycles. The standard InChI is InChI=1S/C14H14N2O3/c1-18-11-7-6-10(9-12(11)19-2)14(17)16-13-5-3-4-8-15-13/h3-9H,1-2H3,(H,15,16,17)/p+1. The van der Waals surface area contributed by atoms with Gasteiger partial charge in [-0.3, -0.25) is 0 Å². The summed E-state index contributed by atoms with van der Waals surface area (Å²) in [6.45, 7) is 0. The minimum absolute atomic E-state index is 0.219. The zero-order chi connectivity index (χ0) is 13.7. The Bertz CT molecular complexity index is 570. The van der Waals surface area contributed by atoms with Crippen molar-refractivity contribution in [2.75, 3.05) is 19.5 Å². The third-order valence-electron chi connectivity index (χ3n) is 2.60. The van der Waals surface area contributed by atoms with Gasteiger partial charge in [-0.1, -0.05) is 6.07 Å². The van der Waals surface area contributed by atoms with Gasteiger partial charge in [0.25, 0.3) is 5.82 Å². The number of hydrogen-bond acceptors (Lipinski definition) is 3. The van der Waals surface area contributed by atoms with Crippen molar-refractivity contribution in [3.63, 3.8) is 0 Å². The molecule has 0 unspecified atom stereocenters. The minimum atomic E-state index is -0.219. The lowest BCUT2D eigenvalue weighted by atomic mass is 10.2. The van der Waals surface area contributed by atoms with Gasteiger partial charge in [-0.25, -0.2) is 15.1 Å². The Kier molecular flexibility index (Phi) is 3.97. The van der Waals surface area contributed by atoms with Crippen molar-refractivity contribution in [2.45, 2.75) is 0 Å². The second kappa shape index (κ2) is 5.86. The molecule has 2 rings (SSSR count). The van der Waals surface area contributed by atoms with Crippen LogP contribution in [0.1, 0.15) is 10.4 Å². The molecule has 1 aromatic heterocycles. The highest BCUT2D eigenvalue weighted by Gasteiger charge is 2.15. The maximum absolute atomic E-state index is 12.1. The smallest absolute Gasteiger partial charge is 0.339 e. The molecule has 0 atom stereocenters. The Hall–Kier alpha value is -2.56. The van der Waals surface area contributed by atoms with E-state index in [4.69, 9.17) is 9.47 Å². The molecule has 0 saturated carbocycles. The molecule has 19 heavy (non-hydrogen) atoms. The summed E-state index contributed by atoms with van der Waals surface area (Å²) in [6, 6.07) is 10.5. The molecule has 2 N–H and O–H groups in total. The molecule has 0 aliphatic rings. The number of pyridine rings is 1. The van der Waals surface area contributed by atoms with E-state index in [-0.39, 0.29) is 5.91 Å². The van der Waals surface area contributed by atoms with E-state index < -0.39 is 0 Å². The zero-order valence-corrected chi connectivity index (χ0v) is 10.8. The normalized spacial score (nSPS) is 9.79. The van der Waals surface area contributed by atoms with E-state index in [2.05, 4.69) is 10.3 Å². The summed E-state index contributed by atoms with van der Waals surface area (Å²) in [7, 11) is 3.08. The number of hydrogen-bond donors (Lipinski definition) is 1. The van der Waals surface area contributed by atoms with Crippen molar-refractivity contribution in [2.24, 2.45) is 0 Å². The lowest BCUT2D eigenvalue weighted by Crippen LogP contribution is -2.18. The topological polar surface area (TPSA) is 61.7 Å². The highest BCUT2D eigenvalue weighted by molar-refractivity contribution is 6.03. The average molecular weight is 259 g/mol. The fraction of sp³-hybridized carbons (Fsp3) is 0.143. The van der Waals surface area contributed by atoms with Crippen molar-refractivity contribution in [1.82, 2.24) is 0 Å². The molecular formula is C14H15N2O3+. The van der Waals surface area contributed by atoms with E-state index in [9.17, 15) is 4.79 Å². The van der Waals surface area contributed by atoms with Crippen LogP contribution in [0.2, 0.25) is 0 Å². The van der Waals surface area contributed by atoms with Crippen LogP contribution in [-0.2, 0) is 0 Å². The summed E-state index contributed by atoms with van der Waals surface area (Å²) in [5.41, 5.74) is 0.495. The molecule has 1 amide bonds. The molecule has 1 aromatic carbocycles. The SMILES string of the molecule is COc1ccc(C(=O)Nc2cccc[nH+]2)cc1OC. The fourth-order valence-corrected chi connectivity index (χ4v) is 1.64. The van der Waals surface area contributed by atoms with Gasteiger partial charge < -0.3 is 9.47 Å². The van der Waals surface area contributed by atoms with Crippen LogP contribution in [0.25, 0.3) is 0 Å². The first-order valence-electron chi connectivity index (χ1n) is 5.74. The second-order valence-electron chi connectivity index (χ2n) is 3.80. The number of anilines is 1. The summed E-state index contributed by atoms with van der Waals surface area (Å²) >= 11 is 0. The molecule has 5 heteroatoms. The molecule has 0 bridgehead atoms. The molecule has 0 radical (unpaired) electrons. The van der Waals surface area contributed by atoms with Crippen molar-refractivity contribution in [3.8, 4) is 11.5 Å². The van der Waals surface area contributed by atoms with Crippen molar-refractivity contribution < 1.29 is 19.3 Å². The number of carbonyl (C=O) groups excluding carboxylic acids is 1. The Labute approximate surface area is 111 Å². The lowest BCUT2D eigenvalue weighted by molar-refractivity contribution is -0.360. The van der Waals surface area contributed by atoms with Crippen LogP contribution in [0, 0.1) is 0 Å². The Morgan fingerprint density at radius 1 is 1.11 bits per heavy atom. The number of carbonyl (C=O) groups is 1. The van der Waals surface area contributed by atoms with E-state index in [1.807, 2.05) is 12.1 Å². The van der Waals surface area contributed by atoms with Gasteiger partial charge >= 0.3 is 5.91 Å². The third kappa shape index (κ3) is 3.01. The predicted octanol–water partition coefficient (Wildman–Crippen LogP) is 1.77. The molecule has 2 aromatic rings. The van der Waals surface area contributed by atoms with Gasteiger partial charge in [0.1, 0.15) is 0 Å². The quantitative estimate of drug-likeness (QED) is 0.910. The number of nitrogens with one attached hydrogen (secondary N) is 2. The number of H-pyrrole nitrogens is 1. The number of methoxy groups -OCH3 is 2. The molecular weight excluding hydrogens is 244 g/mol. The molecule has 0 fully saturated rings. The molecule has 0 spiro atoms. The number of amides is 1. The number of aromatic nitrogens is 1. The van der Waals surface area contributed by atoms with Gasteiger partial charge in [-0.2, -0.15) is 0 Å². The Balaban J connectivity index is 2.20. The second-order valence-corrected chi connectivity index (χ2v) is 3.80. The Morgan fingerprint density at radius 2 is 1.89 bits per heavy atom. The van der Waals surface area contributed by atoms with E-state index >= 15 is 0 Å². The predicted molar refractivity (Wildman–Crippen MR) is 70.5 cm³/mol. The first kappa shape index (κ1) is 12.9. The van der Waals surface area contributed by atoms with Crippen LogP contribution < -0.4 is 19.8 Å². The van der Waals surface area contributed by atoms with Crippen molar-refractivity contribution >= 4 is 11.7 Å². The van der Waals surface area contributed by atoms with Crippen LogP contribution >= 0.6 is 0 Å². The molecule has 98 valence electrons. The van der Waals surface area contributed by atoms with E-state index in [1.165, 1.54) is 7.11 Å². The average Bonchev–Trinajstić information content (AvgIpc) is 2.47. The monoisotopic (exact) mass is 259 g/mol. The summed E-state index contributed by atoms with van der Waals surface area (Å²) in [5.74, 6) is 1.52. The van der Waals surface area contributed by atoms with Gasteiger partial charge in [0, 0.05) is 6.07 Å². The van der Waals surface area contributed by atoms with E-state index in [0.717, 1.165) is 0 Å². The van der Waals surface area contributed by atoms with E-state index in [0.29, 0.717) is 22.9 Å². The third-order valence-corrected chi connectivity index (χ3v) is 2.60. The first-order valence-corrected chi connectivity index (χ1v) is 5.74. The fourth-order valence-electron chi connectivity index (χ4n) is 1.64. The first-order chi connectivity index (χ1) is 9.24. The summed E-state index contributed by atoms with van der Waals surface area (Å²) in [6.07, 6.45) is 1.74. The summed E-state index contributed by atoms with van der Waals surface area (Å²) < 4.78 is 10.3. The zero-order valence-electron chi connectivity index (χ0n) is 10.8. The van der Waals surface area contributed by atoms with Crippen LogP contribution in [0.15, 0.2) is 42.6 Å². The number of aromatic amines is 1. The number of benzene rings is 1. The minimum Gasteiger partial charge on any atom is -0.493 e. The van der Waals surface area contributed by atoms with Crippen LogP contribution in [0.4, 0.5) is 5.82 Å². The summed E-state index contributed by atoms with van der Waals surface area (Å²) in [5, 5.41) is 2.76. The molecule has 5 nitrogen and oxygen atoms in total. The highest BCUT2D eigenvalue weighted by atomic mass is 16.5. The maximum Gasteiger partial charge on any atom is 0.339 e. The van der Waals surface area contributed by atoms with Gasteiger partial charge in [-0.05, 0) is 24.3 Å². The summed E-state index contributed by atoms with van der Waals surface area (Å²) in [4.78, 5) is 15.0. The van der Waals surface area contributed by atoms with Gasteiger partial charge in [0.15, 0.2) is 11.5 Å². The molecule has 1 heterocycles. The maximum atomic E-state index is 12.1. The van der Waals surface area contributed by atoms with Gasteiger partial charge in [-0.15, -0.1) is 0 Å².